The average Bonchev–Trinajstić information content (AvgIpc) is 2.96. The average molecular weight is 319 g/mol. The molecular weight excluding hydrogens is 298 g/mol. The van der Waals surface area contributed by atoms with Gasteiger partial charge in [-0.15, -0.1) is 11.3 Å². The molecule has 0 spiro atoms. The van der Waals surface area contributed by atoms with Gasteiger partial charge in [0.25, 0.3) is 0 Å². The lowest BCUT2D eigenvalue weighted by Gasteiger charge is -2.17. The highest BCUT2D eigenvalue weighted by Gasteiger charge is 2.13. The molecule has 1 heterocycles. The third-order valence-electron chi connectivity index (χ3n) is 3.35. The summed E-state index contributed by atoms with van der Waals surface area (Å²) in [6.07, 6.45) is 2.75. The van der Waals surface area contributed by atoms with Crippen molar-refractivity contribution in [1.29, 1.82) is 0 Å². The van der Waals surface area contributed by atoms with Crippen molar-refractivity contribution < 1.29 is 9.90 Å². The standard InChI is InChI=1S/C16H21N3O2S/c1-3-12-4-6-13(7-5-12)14(10-20)19-16(21)18-9-15-17-8-11(2)22-15/h4-8,14,20H,3,9-10H2,1-2H3,(H2,18,19,21). The minimum atomic E-state index is -0.413. The quantitative estimate of drug-likeness (QED) is 0.766. The minimum absolute atomic E-state index is 0.144. The normalized spacial score (nSPS) is 12.0. The molecule has 0 bridgehead atoms. The van der Waals surface area contributed by atoms with Crippen LogP contribution in [0.4, 0.5) is 4.79 Å². The van der Waals surface area contributed by atoms with Crippen molar-refractivity contribution in [3.8, 4) is 0 Å². The molecule has 3 N–H and O–H groups in total. The van der Waals surface area contributed by atoms with E-state index in [4.69, 9.17) is 0 Å². The zero-order valence-electron chi connectivity index (χ0n) is 12.8. The first kappa shape index (κ1) is 16.5. The Morgan fingerprint density at radius 2 is 2.09 bits per heavy atom. The highest BCUT2D eigenvalue weighted by Crippen LogP contribution is 2.14. The maximum atomic E-state index is 11.9. The van der Waals surface area contributed by atoms with E-state index in [1.54, 1.807) is 17.5 Å². The zero-order chi connectivity index (χ0) is 15.9. The van der Waals surface area contributed by atoms with Crippen LogP contribution in [-0.2, 0) is 13.0 Å². The first-order valence-corrected chi connectivity index (χ1v) is 8.09. The number of aromatic nitrogens is 1. The van der Waals surface area contributed by atoms with Gasteiger partial charge in [-0.25, -0.2) is 9.78 Å². The van der Waals surface area contributed by atoms with Crippen LogP contribution in [0.15, 0.2) is 30.5 Å². The number of rotatable bonds is 6. The van der Waals surface area contributed by atoms with Crippen molar-refractivity contribution in [2.45, 2.75) is 32.9 Å². The number of carbonyl (C=O) groups is 1. The Balaban J connectivity index is 1.89. The molecule has 22 heavy (non-hydrogen) atoms. The van der Waals surface area contributed by atoms with Crippen molar-refractivity contribution in [3.63, 3.8) is 0 Å². The fraction of sp³-hybridized carbons (Fsp3) is 0.375. The molecule has 0 aliphatic rings. The summed E-state index contributed by atoms with van der Waals surface area (Å²) in [5, 5.41) is 15.9. The Hall–Kier alpha value is -1.92. The number of aryl methyl sites for hydroxylation is 2. The summed E-state index contributed by atoms with van der Waals surface area (Å²) in [5.74, 6) is 0. The lowest BCUT2D eigenvalue weighted by Crippen LogP contribution is -2.38. The van der Waals surface area contributed by atoms with E-state index < -0.39 is 6.04 Å². The highest BCUT2D eigenvalue weighted by molar-refractivity contribution is 7.11. The van der Waals surface area contributed by atoms with E-state index in [1.807, 2.05) is 31.2 Å². The third-order valence-corrected chi connectivity index (χ3v) is 4.26. The van der Waals surface area contributed by atoms with Crippen molar-refractivity contribution in [2.24, 2.45) is 0 Å². The number of hydrogen-bond donors (Lipinski definition) is 3. The van der Waals surface area contributed by atoms with Crippen LogP contribution in [0.25, 0.3) is 0 Å². The molecule has 5 nitrogen and oxygen atoms in total. The number of urea groups is 1. The number of aliphatic hydroxyl groups excluding tert-OH is 1. The van der Waals surface area contributed by atoms with Crippen LogP contribution in [-0.4, -0.2) is 22.7 Å². The fourth-order valence-electron chi connectivity index (χ4n) is 2.07. The zero-order valence-corrected chi connectivity index (χ0v) is 13.6. The fourth-order valence-corrected chi connectivity index (χ4v) is 2.80. The molecule has 2 aromatic rings. The van der Waals surface area contributed by atoms with Crippen LogP contribution in [0.1, 0.15) is 34.0 Å². The highest BCUT2D eigenvalue weighted by atomic mass is 32.1. The maximum absolute atomic E-state index is 11.9. The molecule has 1 aromatic heterocycles. The summed E-state index contributed by atoms with van der Waals surface area (Å²) in [5.41, 5.74) is 2.11. The van der Waals surface area contributed by atoms with Crippen molar-refractivity contribution in [3.05, 3.63) is 51.5 Å². The van der Waals surface area contributed by atoms with E-state index in [0.29, 0.717) is 6.54 Å². The van der Waals surface area contributed by atoms with Crippen LogP contribution in [0.2, 0.25) is 0 Å². The molecular formula is C16H21N3O2S. The summed E-state index contributed by atoms with van der Waals surface area (Å²) in [6.45, 7) is 4.31. The third kappa shape index (κ3) is 4.54. The predicted octanol–water partition coefficient (Wildman–Crippen LogP) is 2.55. The summed E-state index contributed by atoms with van der Waals surface area (Å²) in [6, 6.07) is 7.16. The van der Waals surface area contributed by atoms with Gasteiger partial charge in [0.05, 0.1) is 19.2 Å². The second kappa shape index (κ2) is 7.91. The number of nitrogens with one attached hydrogen (secondary N) is 2. The molecule has 2 rings (SSSR count). The van der Waals surface area contributed by atoms with Crippen LogP contribution < -0.4 is 10.6 Å². The van der Waals surface area contributed by atoms with Gasteiger partial charge in [-0.2, -0.15) is 0 Å². The molecule has 0 saturated carbocycles. The first-order chi connectivity index (χ1) is 10.6. The van der Waals surface area contributed by atoms with E-state index >= 15 is 0 Å². The summed E-state index contributed by atoms with van der Waals surface area (Å²) < 4.78 is 0. The molecule has 6 heteroatoms. The number of amides is 2. The van der Waals surface area contributed by atoms with E-state index in [0.717, 1.165) is 21.9 Å². The van der Waals surface area contributed by atoms with Gasteiger partial charge >= 0.3 is 6.03 Å². The molecule has 0 radical (unpaired) electrons. The van der Waals surface area contributed by atoms with Gasteiger partial charge in [0.1, 0.15) is 5.01 Å². The van der Waals surface area contributed by atoms with Crippen LogP contribution in [0.5, 0.6) is 0 Å². The molecule has 1 aromatic carbocycles. The Kier molecular flexibility index (Phi) is 5.91. The Bertz CT molecular complexity index is 610. The summed E-state index contributed by atoms with van der Waals surface area (Å²) >= 11 is 1.55. The van der Waals surface area contributed by atoms with E-state index in [9.17, 15) is 9.90 Å². The van der Waals surface area contributed by atoms with E-state index in [1.165, 1.54) is 5.56 Å². The second-order valence-corrected chi connectivity index (χ2v) is 6.34. The number of carbonyl (C=O) groups excluding carboxylic acids is 1. The van der Waals surface area contributed by atoms with Gasteiger partial charge in [-0.05, 0) is 24.5 Å². The van der Waals surface area contributed by atoms with Crippen LogP contribution in [0, 0.1) is 6.92 Å². The van der Waals surface area contributed by atoms with Gasteiger partial charge < -0.3 is 15.7 Å². The van der Waals surface area contributed by atoms with Gasteiger partial charge in [0, 0.05) is 11.1 Å². The van der Waals surface area contributed by atoms with E-state index in [-0.39, 0.29) is 12.6 Å². The van der Waals surface area contributed by atoms with Crippen molar-refractivity contribution in [2.75, 3.05) is 6.61 Å². The Morgan fingerprint density at radius 1 is 1.36 bits per heavy atom. The van der Waals surface area contributed by atoms with E-state index in [2.05, 4.69) is 22.5 Å². The number of hydrogen-bond acceptors (Lipinski definition) is 4. The van der Waals surface area contributed by atoms with Gasteiger partial charge in [-0.1, -0.05) is 31.2 Å². The Labute approximate surface area is 134 Å². The number of benzene rings is 1. The van der Waals surface area contributed by atoms with Crippen LogP contribution >= 0.6 is 11.3 Å². The molecule has 1 unspecified atom stereocenters. The number of aliphatic hydroxyl groups is 1. The number of thiazole rings is 1. The number of nitrogens with zero attached hydrogens (tertiary/aromatic N) is 1. The van der Waals surface area contributed by atoms with Crippen molar-refractivity contribution >= 4 is 17.4 Å². The molecule has 0 aliphatic heterocycles. The summed E-state index contributed by atoms with van der Waals surface area (Å²) in [4.78, 5) is 17.2. The molecule has 0 saturated heterocycles. The lowest BCUT2D eigenvalue weighted by molar-refractivity contribution is 0.216. The maximum Gasteiger partial charge on any atom is 0.315 e. The second-order valence-electron chi connectivity index (χ2n) is 5.02. The monoisotopic (exact) mass is 319 g/mol. The first-order valence-electron chi connectivity index (χ1n) is 7.27. The lowest BCUT2D eigenvalue weighted by atomic mass is 10.0. The topological polar surface area (TPSA) is 74.2 Å². The predicted molar refractivity (Wildman–Crippen MR) is 87.9 cm³/mol. The molecule has 1 atom stereocenters. The molecule has 2 amide bonds. The molecule has 118 valence electrons. The van der Waals surface area contributed by atoms with Gasteiger partial charge in [0.15, 0.2) is 0 Å². The van der Waals surface area contributed by atoms with Gasteiger partial charge in [0.2, 0.25) is 0 Å². The van der Waals surface area contributed by atoms with Crippen molar-refractivity contribution in [1.82, 2.24) is 15.6 Å². The molecule has 0 aliphatic carbocycles. The smallest absolute Gasteiger partial charge is 0.315 e. The minimum Gasteiger partial charge on any atom is -0.394 e. The molecule has 0 fully saturated rings. The largest absolute Gasteiger partial charge is 0.394 e. The Morgan fingerprint density at radius 3 is 2.64 bits per heavy atom. The van der Waals surface area contributed by atoms with Gasteiger partial charge in [-0.3, -0.25) is 0 Å². The van der Waals surface area contributed by atoms with Crippen LogP contribution in [0.3, 0.4) is 0 Å². The summed E-state index contributed by atoms with van der Waals surface area (Å²) in [7, 11) is 0. The SMILES string of the molecule is CCc1ccc(C(CO)NC(=O)NCc2ncc(C)s2)cc1.